The van der Waals surface area contributed by atoms with E-state index in [-0.39, 0.29) is 5.91 Å². The zero-order valence-corrected chi connectivity index (χ0v) is 11.7. The maximum absolute atomic E-state index is 11.9. The highest BCUT2D eigenvalue weighted by Gasteiger charge is 2.20. The van der Waals surface area contributed by atoms with Crippen LogP contribution in [0.25, 0.3) is 0 Å². The first-order chi connectivity index (χ1) is 9.13. The molecule has 2 rings (SSSR count). The summed E-state index contributed by atoms with van der Waals surface area (Å²) in [6.45, 7) is 2.70. The van der Waals surface area contributed by atoms with Crippen molar-refractivity contribution in [1.82, 2.24) is 5.32 Å². The van der Waals surface area contributed by atoms with E-state index in [4.69, 9.17) is 5.73 Å². The molecule has 1 saturated carbocycles. The van der Waals surface area contributed by atoms with Crippen molar-refractivity contribution in [3.63, 3.8) is 0 Å². The van der Waals surface area contributed by atoms with Crippen molar-refractivity contribution in [2.75, 3.05) is 0 Å². The molecule has 0 aliphatic heterocycles. The normalized spacial score (nSPS) is 23.1. The van der Waals surface area contributed by atoms with Crippen molar-refractivity contribution in [1.29, 1.82) is 0 Å². The van der Waals surface area contributed by atoms with Gasteiger partial charge in [-0.3, -0.25) is 4.79 Å². The number of aryl methyl sites for hydroxylation is 1. The Kier molecular flexibility index (Phi) is 4.97. The molecule has 3 heteroatoms. The predicted molar refractivity (Wildman–Crippen MR) is 77.6 cm³/mol. The second kappa shape index (κ2) is 6.71. The smallest absolute Gasteiger partial charge is 0.220 e. The van der Waals surface area contributed by atoms with Crippen LogP contribution in [-0.2, 0) is 11.3 Å². The minimum atomic E-state index is 0.168. The highest BCUT2D eigenvalue weighted by Crippen LogP contribution is 2.25. The Labute approximate surface area is 115 Å². The second-order valence-corrected chi connectivity index (χ2v) is 5.75. The highest BCUT2D eigenvalue weighted by atomic mass is 16.1. The Morgan fingerprint density at radius 3 is 2.47 bits per heavy atom. The number of nitrogens with two attached hydrogens (primary N) is 1. The largest absolute Gasteiger partial charge is 0.352 e. The van der Waals surface area contributed by atoms with E-state index in [1.165, 1.54) is 5.56 Å². The van der Waals surface area contributed by atoms with E-state index in [1.807, 2.05) is 0 Å². The summed E-state index contributed by atoms with van der Waals surface area (Å²) in [5, 5.41) is 3.01. The highest BCUT2D eigenvalue weighted by molar-refractivity contribution is 5.76. The molecule has 0 bridgehead atoms. The number of nitrogens with one attached hydrogen (secondary N) is 1. The summed E-state index contributed by atoms with van der Waals surface area (Å²) in [5.74, 6) is 0.693. The quantitative estimate of drug-likeness (QED) is 0.874. The Balaban J connectivity index is 1.71. The lowest BCUT2D eigenvalue weighted by Crippen LogP contribution is -2.30. The van der Waals surface area contributed by atoms with E-state index >= 15 is 0 Å². The van der Waals surface area contributed by atoms with Crippen LogP contribution in [0.15, 0.2) is 24.3 Å². The molecular formula is C16H24N2O. The Morgan fingerprint density at radius 2 is 1.84 bits per heavy atom. The molecule has 0 radical (unpaired) electrons. The van der Waals surface area contributed by atoms with Crippen LogP contribution in [0.4, 0.5) is 0 Å². The first-order valence-corrected chi connectivity index (χ1v) is 7.21. The number of carbonyl (C=O) groups excluding carboxylic acids is 1. The topological polar surface area (TPSA) is 55.1 Å². The van der Waals surface area contributed by atoms with Crippen molar-refractivity contribution in [3.8, 4) is 0 Å². The van der Waals surface area contributed by atoms with E-state index in [0.717, 1.165) is 31.2 Å². The third kappa shape index (κ3) is 4.67. The van der Waals surface area contributed by atoms with Crippen LogP contribution in [0.3, 0.4) is 0 Å². The van der Waals surface area contributed by atoms with E-state index in [0.29, 0.717) is 24.9 Å². The SMILES string of the molecule is Cc1ccc(CNC(=O)CC2CCC(N)CC2)cc1. The van der Waals surface area contributed by atoms with Crippen LogP contribution in [0, 0.1) is 12.8 Å². The van der Waals surface area contributed by atoms with Crippen molar-refractivity contribution < 1.29 is 4.79 Å². The fraction of sp³-hybridized carbons (Fsp3) is 0.562. The van der Waals surface area contributed by atoms with E-state index in [2.05, 4.69) is 36.5 Å². The number of carbonyl (C=O) groups is 1. The Bertz CT molecular complexity index is 405. The zero-order chi connectivity index (χ0) is 13.7. The van der Waals surface area contributed by atoms with Crippen LogP contribution >= 0.6 is 0 Å². The number of amides is 1. The molecule has 1 aromatic carbocycles. The Morgan fingerprint density at radius 1 is 1.21 bits per heavy atom. The summed E-state index contributed by atoms with van der Waals surface area (Å²) in [7, 11) is 0. The van der Waals surface area contributed by atoms with Gasteiger partial charge in [-0.05, 0) is 44.1 Å². The average molecular weight is 260 g/mol. The maximum atomic E-state index is 11.9. The summed E-state index contributed by atoms with van der Waals surface area (Å²) in [4.78, 5) is 11.9. The third-order valence-electron chi connectivity index (χ3n) is 3.98. The lowest BCUT2D eigenvalue weighted by Gasteiger charge is -2.25. The van der Waals surface area contributed by atoms with Gasteiger partial charge in [0.15, 0.2) is 0 Å². The van der Waals surface area contributed by atoms with Crippen LogP contribution in [0.2, 0.25) is 0 Å². The van der Waals surface area contributed by atoms with E-state index in [9.17, 15) is 4.79 Å². The summed E-state index contributed by atoms with van der Waals surface area (Å²) in [6.07, 6.45) is 4.97. The van der Waals surface area contributed by atoms with Crippen LogP contribution in [0.5, 0.6) is 0 Å². The summed E-state index contributed by atoms with van der Waals surface area (Å²) >= 11 is 0. The van der Waals surface area contributed by atoms with E-state index in [1.54, 1.807) is 0 Å². The summed E-state index contributed by atoms with van der Waals surface area (Å²) in [5.41, 5.74) is 8.28. The summed E-state index contributed by atoms with van der Waals surface area (Å²) < 4.78 is 0. The predicted octanol–water partition coefficient (Wildman–Crippen LogP) is 2.52. The molecule has 0 saturated heterocycles. The van der Waals surface area contributed by atoms with Crippen LogP contribution in [0.1, 0.15) is 43.2 Å². The van der Waals surface area contributed by atoms with Gasteiger partial charge in [-0.15, -0.1) is 0 Å². The summed E-state index contributed by atoms with van der Waals surface area (Å²) in [6, 6.07) is 8.63. The molecule has 0 atom stereocenters. The molecule has 19 heavy (non-hydrogen) atoms. The molecule has 1 aliphatic carbocycles. The van der Waals surface area contributed by atoms with Crippen LogP contribution in [-0.4, -0.2) is 11.9 Å². The van der Waals surface area contributed by atoms with Crippen molar-refractivity contribution in [2.45, 2.75) is 51.6 Å². The number of hydrogen-bond acceptors (Lipinski definition) is 2. The lowest BCUT2D eigenvalue weighted by molar-refractivity contribution is -0.122. The zero-order valence-electron chi connectivity index (χ0n) is 11.7. The van der Waals surface area contributed by atoms with Gasteiger partial charge in [0.2, 0.25) is 5.91 Å². The number of rotatable bonds is 4. The monoisotopic (exact) mass is 260 g/mol. The maximum Gasteiger partial charge on any atom is 0.220 e. The molecule has 1 aliphatic rings. The minimum Gasteiger partial charge on any atom is -0.352 e. The van der Waals surface area contributed by atoms with Gasteiger partial charge in [-0.2, -0.15) is 0 Å². The molecule has 1 aromatic rings. The van der Waals surface area contributed by atoms with Gasteiger partial charge in [0.25, 0.3) is 0 Å². The van der Waals surface area contributed by atoms with Gasteiger partial charge in [0, 0.05) is 19.0 Å². The van der Waals surface area contributed by atoms with Gasteiger partial charge in [0.05, 0.1) is 0 Å². The second-order valence-electron chi connectivity index (χ2n) is 5.75. The Hall–Kier alpha value is -1.35. The fourth-order valence-electron chi connectivity index (χ4n) is 2.63. The van der Waals surface area contributed by atoms with Crippen molar-refractivity contribution in [3.05, 3.63) is 35.4 Å². The number of benzene rings is 1. The number of hydrogen-bond donors (Lipinski definition) is 2. The fourth-order valence-corrected chi connectivity index (χ4v) is 2.63. The molecule has 3 nitrogen and oxygen atoms in total. The minimum absolute atomic E-state index is 0.168. The first kappa shape index (κ1) is 14.1. The van der Waals surface area contributed by atoms with E-state index < -0.39 is 0 Å². The van der Waals surface area contributed by atoms with Gasteiger partial charge in [-0.25, -0.2) is 0 Å². The standard InChI is InChI=1S/C16H24N2O/c1-12-2-4-14(5-3-12)11-18-16(19)10-13-6-8-15(17)9-7-13/h2-5,13,15H,6-11,17H2,1H3,(H,18,19). The van der Waals surface area contributed by atoms with Gasteiger partial charge < -0.3 is 11.1 Å². The molecule has 1 amide bonds. The first-order valence-electron chi connectivity index (χ1n) is 7.21. The molecule has 104 valence electrons. The molecule has 0 spiro atoms. The van der Waals surface area contributed by atoms with Crippen molar-refractivity contribution >= 4 is 5.91 Å². The molecule has 0 heterocycles. The van der Waals surface area contributed by atoms with Crippen molar-refractivity contribution in [2.24, 2.45) is 11.7 Å². The third-order valence-corrected chi connectivity index (χ3v) is 3.98. The molecule has 1 fully saturated rings. The average Bonchev–Trinajstić information content (AvgIpc) is 2.41. The van der Waals surface area contributed by atoms with Gasteiger partial charge in [0.1, 0.15) is 0 Å². The molecule has 0 unspecified atom stereocenters. The lowest BCUT2D eigenvalue weighted by atomic mass is 9.84. The van der Waals surface area contributed by atoms with Gasteiger partial charge in [-0.1, -0.05) is 29.8 Å². The molecular weight excluding hydrogens is 236 g/mol. The molecule has 0 aromatic heterocycles. The molecule has 3 N–H and O–H groups in total. The van der Waals surface area contributed by atoms with Gasteiger partial charge >= 0.3 is 0 Å². The van der Waals surface area contributed by atoms with Crippen LogP contribution < -0.4 is 11.1 Å².